The molecule has 0 bridgehead atoms. The number of carbonyl (C=O) groups excluding carboxylic acids is 1. The van der Waals surface area contributed by atoms with E-state index < -0.39 is 4.87 Å². The highest BCUT2D eigenvalue weighted by molar-refractivity contribution is 8.01. The van der Waals surface area contributed by atoms with Crippen molar-refractivity contribution in [1.29, 1.82) is 0 Å². The molecule has 0 unspecified atom stereocenters. The Labute approximate surface area is 239 Å². The lowest BCUT2D eigenvalue weighted by molar-refractivity contribution is -0.124. The van der Waals surface area contributed by atoms with Crippen LogP contribution < -0.4 is 10.6 Å². The van der Waals surface area contributed by atoms with E-state index in [0.29, 0.717) is 6.54 Å². The SMILES string of the molecule is O=C(NCCCCCN1CCN(C(c2ccc(F)cc2)c2ccc(F)cc2)CC1)[C@]1(c2cccnc2)NCCS1. The number of hydrogen-bond donors (Lipinski definition) is 2. The molecule has 2 aromatic carbocycles. The third kappa shape index (κ3) is 6.89. The van der Waals surface area contributed by atoms with Gasteiger partial charge in [0.15, 0.2) is 4.87 Å². The summed E-state index contributed by atoms with van der Waals surface area (Å²) >= 11 is 1.63. The molecule has 2 saturated heterocycles. The van der Waals surface area contributed by atoms with Crippen LogP contribution in [-0.2, 0) is 9.67 Å². The number of nitrogens with one attached hydrogen (secondary N) is 2. The summed E-state index contributed by atoms with van der Waals surface area (Å²) in [6.45, 7) is 6.16. The topological polar surface area (TPSA) is 60.5 Å². The first kappa shape index (κ1) is 28.7. The van der Waals surface area contributed by atoms with Crippen LogP contribution in [0.2, 0.25) is 0 Å². The quantitative estimate of drug-likeness (QED) is 0.333. The Morgan fingerprint density at radius 2 is 1.62 bits per heavy atom. The fourth-order valence-corrected chi connectivity index (χ4v) is 6.83. The molecule has 0 saturated carbocycles. The zero-order chi connectivity index (χ0) is 27.8. The van der Waals surface area contributed by atoms with Crippen molar-refractivity contribution in [3.8, 4) is 0 Å². The van der Waals surface area contributed by atoms with E-state index in [4.69, 9.17) is 0 Å². The van der Waals surface area contributed by atoms with Crippen molar-refractivity contribution < 1.29 is 13.6 Å². The van der Waals surface area contributed by atoms with Crippen LogP contribution in [0.5, 0.6) is 0 Å². The monoisotopic (exact) mass is 565 g/mol. The minimum absolute atomic E-state index is 0.0102. The van der Waals surface area contributed by atoms with E-state index in [0.717, 1.165) is 81.0 Å². The summed E-state index contributed by atoms with van der Waals surface area (Å²) in [5, 5.41) is 6.53. The first-order chi connectivity index (χ1) is 19.5. The van der Waals surface area contributed by atoms with Gasteiger partial charge in [-0.05, 0) is 60.8 Å². The summed E-state index contributed by atoms with van der Waals surface area (Å²) in [6, 6.07) is 17.1. The molecule has 2 fully saturated rings. The molecule has 1 aromatic heterocycles. The van der Waals surface area contributed by atoms with E-state index in [-0.39, 0.29) is 23.6 Å². The van der Waals surface area contributed by atoms with Crippen LogP contribution in [0.1, 0.15) is 42.0 Å². The molecule has 0 radical (unpaired) electrons. The second-order valence-electron chi connectivity index (χ2n) is 10.4. The van der Waals surface area contributed by atoms with Crippen LogP contribution in [-0.4, -0.2) is 72.3 Å². The van der Waals surface area contributed by atoms with Crippen LogP contribution in [0.25, 0.3) is 0 Å². The number of carbonyl (C=O) groups is 1. The number of hydrogen-bond acceptors (Lipinski definition) is 6. The van der Waals surface area contributed by atoms with Gasteiger partial charge in [-0.3, -0.25) is 20.0 Å². The largest absolute Gasteiger partial charge is 0.353 e. The minimum Gasteiger partial charge on any atom is -0.353 e. The average Bonchev–Trinajstić information content (AvgIpc) is 3.50. The van der Waals surface area contributed by atoms with Gasteiger partial charge in [-0.25, -0.2) is 8.78 Å². The van der Waals surface area contributed by atoms with Crippen molar-refractivity contribution in [1.82, 2.24) is 25.4 Å². The number of benzene rings is 2. The molecule has 0 spiro atoms. The third-order valence-corrected chi connectivity index (χ3v) is 9.17. The highest BCUT2D eigenvalue weighted by Gasteiger charge is 2.43. The van der Waals surface area contributed by atoms with Crippen molar-refractivity contribution in [2.24, 2.45) is 0 Å². The molecule has 212 valence electrons. The predicted molar refractivity (Wildman–Crippen MR) is 156 cm³/mol. The van der Waals surface area contributed by atoms with Crippen molar-refractivity contribution >= 4 is 17.7 Å². The molecule has 1 amide bonds. The van der Waals surface area contributed by atoms with E-state index in [9.17, 15) is 13.6 Å². The zero-order valence-corrected chi connectivity index (χ0v) is 23.5. The Morgan fingerprint density at radius 1 is 0.950 bits per heavy atom. The van der Waals surface area contributed by atoms with E-state index >= 15 is 0 Å². The average molecular weight is 566 g/mol. The maximum absolute atomic E-state index is 13.6. The third-order valence-electron chi connectivity index (χ3n) is 7.76. The van der Waals surface area contributed by atoms with Gasteiger partial charge in [-0.1, -0.05) is 36.8 Å². The summed E-state index contributed by atoms with van der Waals surface area (Å²) in [4.78, 5) is 21.4. The molecular formula is C31H37F2N5OS. The van der Waals surface area contributed by atoms with Gasteiger partial charge < -0.3 is 10.2 Å². The van der Waals surface area contributed by atoms with E-state index in [1.807, 2.05) is 36.4 Å². The molecular weight excluding hydrogens is 528 g/mol. The van der Waals surface area contributed by atoms with E-state index in [1.54, 1.807) is 24.2 Å². The highest BCUT2D eigenvalue weighted by atomic mass is 32.2. The standard InChI is InChI=1S/C31H37F2N5OS/c32-27-10-6-24(7-11-27)29(25-8-12-28(33)13-9-25)38-20-18-37(19-21-38)17-3-1-2-15-35-30(39)31(36-16-22-40-31)26-5-4-14-34-23-26/h4-14,23,29,36H,1-3,15-22H2,(H,35,39)/t31-/m1/s1. The number of nitrogens with zero attached hydrogens (tertiary/aromatic N) is 3. The normalized spacial score (nSPS) is 20.2. The summed E-state index contributed by atoms with van der Waals surface area (Å²) in [6.07, 6.45) is 6.57. The minimum atomic E-state index is -0.742. The lowest BCUT2D eigenvalue weighted by Gasteiger charge is -2.40. The molecule has 2 aliphatic rings. The Kier molecular flexibility index (Phi) is 9.80. The molecule has 6 nitrogen and oxygen atoms in total. The first-order valence-corrected chi connectivity index (χ1v) is 15.1. The molecule has 2 N–H and O–H groups in total. The van der Waals surface area contributed by atoms with Crippen molar-refractivity contribution in [2.45, 2.75) is 30.2 Å². The number of piperazine rings is 1. The molecule has 3 heterocycles. The van der Waals surface area contributed by atoms with Crippen LogP contribution in [0.4, 0.5) is 8.78 Å². The molecule has 3 aromatic rings. The lowest BCUT2D eigenvalue weighted by Crippen LogP contribution is -2.49. The maximum Gasteiger partial charge on any atom is 0.255 e. The first-order valence-electron chi connectivity index (χ1n) is 14.1. The van der Waals surface area contributed by atoms with Crippen LogP contribution >= 0.6 is 11.8 Å². The van der Waals surface area contributed by atoms with Gasteiger partial charge in [0.1, 0.15) is 11.6 Å². The second-order valence-corrected chi connectivity index (χ2v) is 11.7. The summed E-state index contributed by atoms with van der Waals surface area (Å²) in [5.74, 6) is 0.390. The van der Waals surface area contributed by atoms with Crippen molar-refractivity contribution in [3.05, 3.63) is 101 Å². The number of amides is 1. The predicted octanol–water partition coefficient (Wildman–Crippen LogP) is 4.54. The number of aromatic nitrogens is 1. The molecule has 1 atom stereocenters. The number of rotatable bonds is 11. The molecule has 9 heteroatoms. The van der Waals surface area contributed by atoms with Gasteiger partial charge in [0.25, 0.3) is 5.91 Å². The fraction of sp³-hybridized carbons (Fsp3) is 0.419. The van der Waals surface area contributed by atoms with Gasteiger partial charge >= 0.3 is 0 Å². The summed E-state index contributed by atoms with van der Waals surface area (Å²) < 4.78 is 27.2. The zero-order valence-electron chi connectivity index (χ0n) is 22.7. The van der Waals surface area contributed by atoms with Crippen molar-refractivity contribution in [3.63, 3.8) is 0 Å². The Hall–Kier alpha value is -2.85. The lowest BCUT2D eigenvalue weighted by atomic mass is 9.96. The maximum atomic E-state index is 13.6. The Balaban J connectivity index is 1.06. The molecule has 40 heavy (non-hydrogen) atoms. The van der Waals surface area contributed by atoms with Gasteiger partial charge in [-0.15, -0.1) is 11.8 Å². The number of unbranched alkanes of at least 4 members (excludes halogenated alkanes) is 2. The van der Waals surface area contributed by atoms with Gasteiger partial charge in [-0.2, -0.15) is 0 Å². The molecule has 5 rings (SSSR count). The van der Waals surface area contributed by atoms with E-state index in [2.05, 4.69) is 25.4 Å². The van der Waals surface area contributed by atoms with Gasteiger partial charge in [0.05, 0.1) is 6.04 Å². The van der Waals surface area contributed by atoms with Crippen LogP contribution in [0, 0.1) is 11.6 Å². The number of halogens is 2. The summed E-state index contributed by atoms with van der Waals surface area (Å²) in [5.41, 5.74) is 2.93. The number of thioether (sulfide) groups is 1. The van der Waals surface area contributed by atoms with Crippen LogP contribution in [0.15, 0.2) is 73.1 Å². The number of pyridine rings is 1. The van der Waals surface area contributed by atoms with Gasteiger partial charge in [0.2, 0.25) is 0 Å². The fourth-order valence-electron chi connectivity index (χ4n) is 5.63. The second kappa shape index (κ2) is 13.7. The molecule has 0 aliphatic carbocycles. The summed E-state index contributed by atoms with van der Waals surface area (Å²) in [7, 11) is 0. The van der Waals surface area contributed by atoms with E-state index in [1.165, 1.54) is 24.3 Å². The highest BCUT2D eigenvalue weighted by Crippen LogP contribution is 2.37. The molecule has 2 aliphatic heterocycles. The van der Waals surface area contributed by atoms with Crippen molar-refractivity contribution in [2.75, 3.05) is 51.6 Å². The Morgan fingerprint density at radius 3 is 2.20 bits per heavy atom. The van der Waals surface area contributed by atoms with Crippen LogP contribution in [0.3, 0.4) is 0 Å². The van der Waals surface area contributed by atoms with Gasteiger partial charge in [0, 0.05) is 63.0 Å². The Bertz CT molecular complexity index is 1170. The smallest absolute Gasteiger partial charge is 0.255 e.